The van der Waals surface area contributed by atoms with Gasteiger partial charge in [0.15, 0.2) is 5.75 Å². The van der Waals surface area contributed by atoms with Gasteiger partial charge in [-0.15, -0.1) is 0 Å². The molecule has 10 heteroatoms. The van der Waals surface area contributed by atoms with Crippen LogP contribution in [0, 0.1) is 19.7 Å². The zero-order chi connectivity index (χ0) is 36.5. The molecule has 1 saturated heterocycles. The number of pyridine rings is 1. The number of rotatable bonds is 13. The van der Waals surface area contributed by atoms with Crippen LogP contribution in [-0.2, 0) is 24.4 Å². The zero-order valence-corrected chi connectivity index (χ0v) is 30.7. The highest BCUT2D eigenvalue weighted by Crippen LogP contribution is 2.34. The summed E-state index contributed by atoms with van der Waals surface area (Å²) in [5.74, 6) is 1.88. The molecule has 0 aliphatic carbocycles. The third-order valence-corrected chi connectivity index (χ3v) is 9.35. The van der Waals surface area contributed by atoms with Crippen LogP contribution in [0.25, 0.3) is 6.08 Å². The van der Waals surface area contributed by atoms with Crippen LogP contribution >= 0.6 is 23.2 Å². The van der Waals surface area contributed by atoms with Crippen LogP contribution in [0.1, 0.15) is 33.4 Å². The Labute approximate surface area is 314 Å². The minimum absolute atomic E-state index is 0.0297. The van der Waals surface area contributed by atoms with Crippen LogP contribution in [0.3, 0.4) is 0 Å². The van der Waals surface area contributed by atoms with Gasteiger partial charge in [-0.25, -0.2) is 9.37 Å². The first-order valence-corrected chi connectivity index (χ1v) is 17.9. The quantitative estimate of drug-likeness (QED) is 0.112. The zero-order valence-electron chi connectivity index (χ0n) is 29.2. The molecule has 1 aliphatic heterocycles. The highest BCUT2D eigenvalue weighted by Gasteiger charge is 2.20. The van der Waals surface area contributed by atoms with Crippen LogP contribution in [0.4, 0.5) is 4.39 Å². The fourth-order valence-electron chi connectivity index (χ4n) is 5.78. The molecule has 0 radical (unpaired) electrons. The molecular weight excluding hydrogens is 700 g/mol. The SMILES string of the molecule is Cc1ccc(COc2ccc(Oc3c(C)cc(C=CC(=O)N4CCN(Cc5ccc(CCOc6ccc(Cl)cc6)cc5)CC4)cc3Cl)nc2)cc1F. The molecule has 5 aromatic rings. The largest absolute Gasteiger partial charge is 0.493 e. The fourth-order valence-corrected chi connectivity index (χ4v) is 6.22. The second kappa shape index (κ2) is 17.6. The number of amides is 1. The normalized spacial score (nSPS) is 13.4. The standard InChI is InChI=1S/C42H40Cl2FN3O4/c1-29-3-4-34(25-39(29)45)28-51-37-14-15-40(46-26-37)52-42-30(2)23-33(24-38(42)44)9-16-41(49)48-20-18-47(19-21-48)27-32-7-5-31(6-8-32)17-22-50-36-12-10-35(43)11-13-36/h3-16,23-26H,17-22,27-28H2,1-2H3. The second-order valence-electron chi connectivity index (χ2n) is 12.8. The van der Waals surface area contributed by atoms with Crippen molar-refractivity contribution in [2.45, 2.75) is 33.4 Å². The first-order valence-electron chi connectivity index (χ1n) is 17.2. The first-order chi connectivity index (χ1) is 25.2. The summed E-state index contributed by atoms with van der Waals surface area (Å²) in [4.78, 5) is 21.6. The summed E-state index contributed by atoms with van der Waals surface area (Å²) in [6.45, 7) is 8.22. The minimum Gasteiger partial charge on any atom is -0.493 e. The lowest BCUT2D eigenvalue weighted by Crippen LogP contribution is -2.47. The molecule has 268 valence electrons. The Hall–Kier alpha value is -4.89. The molecule has 0 saturated carbocycles. The van der Waals surface area contributed by atoms with Crippen molar-refractivity contribution in [3.63, 3.8) is 0 Å². The Balaban J connectivity index is 0.933. The van der Waals surface area contributed by atoms with Gasteiger partial charge in [0.2, 0.25) is 11.8 Å². The van der Waals surface area contributed by atoms with E-state index >= 15 is 0 Å². The summed E-state index contributed by atoms with van der Waals surface area (Å²) < 4.78 is 31.4. The maximum absolute atomic E-state index is 13.8. The fraction of sp³-hybridized carbons (Fsp3) is 0.238. The highest BCUT2D eigenvalue weighted by atomic mass is 35.5. The predicted molar refractivity (Wildman–Crippen MR) is 204 cm³/mol. The molecule has 0 bridgehead atoms. The van der Waals surface area contributed by atoms with Gasteiger partial charge in [-0.3, -0.25) is 9.69 Å². The molecule has 4 aromatic carbocycles. The van der Waals surface area contributed by atoms with Crippen LogP contribution in [0.15, 0.2) is 103 Å². The maximum atomic E-state index is 13.8. The van der Waals surface area contributed by atoms with E-state index in [-0.39, 0.29) is 18.3 Å². The van der Waals surface area contributed by atoms with Gasteiger partial charge in [-0.2, -0.15) is 0 Å². The average Bonchev–Trinajstić information content (AvgIpc) is 3.15. The third kappa shape index (κ3) is 10.3. The van der Waals surface area contributed by atoms with Gasteiger partial charge in [-0.05, 0) is 102 Å². The van der Waals surface area contributed by atoms with Crippen molar-refractivity contribution in [2.75, 3.05) is 32.8 Å². The van der Waals surface area contributed by atoms with E-state index in [1.165, 1.54) is 17.2 Å². The highest BCUT2D eigenvalue weighted by molar-refractivity contribution is 6.32. The summed E-state index contributed by atoms with van der Waals surface area (Å²) in [5, 5.41) is 1.10. The number of halogens is 3. The van der Waals surface area contributed by atoms with Crippen molar-refractivity contribution in [1.29, 1.82) is 0 Å². The van der Waals surface area contributed by atoms with Crippen LogP contribution in [-0.4, -0.2) is 53.5 Å². The Morgan fingerprint density at radius 2 is 1.52 bits per heavy atom. The number of carbonyl (C=O) groups excluding carboxylic acids is 1. The molecule has 0 N–H and O–H groups in total. The van der Waals surface area contributed by atoms with E-state index in [1.54, 1.807) is 49.5 Å². The van der Waals surface area contributed by atoms with Crippen molar-refractivity contribution in [3.05, 3.63) is 153 Å². The van der Waals surface area contributed by atoms with E-state index in [1.807, 2.05) is 48.2 Å². The van der Waals surface area contributed by atoms with Gasteiger partial charge in [0.1, 0.15) is 23.9 Å². The van der Waals surface area contributed by atoms with E-state index in [4.69, 9.17) is 37.4 Å². The van der Waals surface area contributed by atoms with Gasteiger partial charge < -0.3 is 19.1 Å². The van der Waals surface area contributed by atoms with E-state index < -0.39 is 0 Å². The number of piperazine rings is 1. The number of ether oxygens (including phenoxy) is 3. The molecule has 0 spiro atoms. The number of benzene rings is 4. The van der Waals surface area contributed by atoms with Crippen molar-refractivity contribution >= 4 is 35.2 Å². The Kier molecular flexibility index (Phi) is 12.5. The van der Waals surface area contributed by atoms with Crippen molar-refractivity contribution in [3.8, 4) is 23.1 Å². The molecule has 1 aliphatic rings. The number of hydrogen-bond acceptors (Lipinski definition) is 6. The average molecular weight is 741 g/mol. The van der Waals surface area contributed by atoms with Crippen molar-refractivity contribution in [2.24, 2.45) is 0 Å². The summed E-state index contributed by atoms with van der Waals surface area (Å²) >= 11 is 12.5. The summed E-state index contributed by atoms with van der Waals surface area (Å²) in [5.41, 5.74) is 5.39. The number of carbonyl (C=O) groups is 1. The van der Waals surface area contributed by atoms with Crippen molar-refractivity contribution < 1.29 is 23.4 Å². The summed E-state index contributed by atoms with van der Waals surface area (Å²) in [6, 6.07) is 28.2. The Morgan fingerprint density at radius 1 is 0.808 bits per heavy atom. The van der Waals surface area contributed by atoms with Gasteiger partial charge in [0.05, 0.1) is 17.8 Å². The summed E-state index contributed by atoms with van der Waals surface area (Å²) in [6.07, 6.45) is 5.75. The van der Waals surface area contributed by atoms with E-state index in [0.29, 0.717) is 52.7 Å². The minimum atomic E-state index is -0.263. The number of nitrogens with zero attached hydrogens (tertiary/aromatic N) is 3. The molecule has 6 rings (SSSR count). The monoisotopic (exact) mass is 739 g/mol. The molecule has 0 atom stereocenters. The number of hydrogen-bond donors (Lipinski definition) is 0. The van der Waals surface area contributed by atoms with Gasteiger partial charge in [0, 0.05) is 56.3 Å². The van der Waals surface area contributed by atoms with E-state index in [0.717, 1.165) is 48.5 Å². The molecule has 2 heterocycles. The van der Waals surface area contributed by atoms with Crippen LogP contribution in [0.2, 0.25) is 10.0 Å². The Morgan fingerprint density at radius 3 is 2.21 bits per heavy atom. The lowest BCUT2D eigenvalue weighted by atomic mass is 10.1. The molecular formula is C42H40Cl2FN3O4. The molecule has 1 amide bonds. The lowest BCUT2D eigenvalue weighted by molar-refractivity contribution is -0.127. The smallest absolute Gasteiger partial charge is 0.246 e. The van der Waals surface area contributed by atoms with Crippen LogP contribution in [0.5, 0.6) is 23.1 Å². The molecule has 52 heavy (non-hydrogen) atoms. The molecule has 0 unspecified atom stereocenters. The summed E-state index contributed by atoms with van der Waals surface area (Å²) in [7, 11) is 0. The molecule has 1 aromatic heterocycles. The van der Waals surface area contributed by atoms with Crippen molar-refractivity contribution in [1.82, 2.24) is 14.8 Å². The predicted octanol–water partition coefficient (Wildman–Crippen LogP) is 9.49. The second-order valence-corrected chi connectivity index (χ2v) is 13.6. The lowest BCUT2D eigenvalue weighted by Gasteiger charge is -2.34. The molecule has 1 fully saturated rings. The third-order valence-electron chi connectivity index (χ3n) is 8.81. The van der Waals surface area contributed by atoms with Gasteiger partial charge in [0.25, 0.3) is 0 Å². The first kappa shape index (κ1) is 36.9. The van der Waals surface area contributed by atoms with Crippen LogP contribution < -0.4 is 14.2 Å². The maximum Gasteiger partial charge on any atom is 0.246 e. The molecule has 7 nitrogen and oxygen atoms in total. The number of aryl methyl sites for hydroxylation is 2. The van der Waals surface area contributed by atoms with Gasteiger partial charge >= 0.3 is 0 Å². The topological polar surface area (TPSA) is 64.1 Å². The van der Waals surface area contributed by atoms with Gasteiger partial charge in [-0.1, -0.05) is 59.6 Å². The number of aromatic nitrogens is 1. The van der Waals surface area contributed by atoms with E-state index in [9.17, 15) is 9.18 Å². The van der Waals surface area contributed by atoms with E-state index in [2.05, 4.69) is 34.1 Å². The Bertz CT molecular complexity index is 1970.